The Morgan fingerprint density at radius 3 is 2.62 bits per heavy atom. The fraction of sp³-hybridized carbons (Fsp3) is 0.154. The van der Waals surface area contributed by atoms with E-state index < -0.39 is 5.91 Å². The maximum Gasteiger partial charge on any atom is 0.266 e. The van der Waals surface area contributed by atoms with Crippen molar-refractivity contribution in [1.29, 1.82) is 5.26 Å². The normalized spacial score (nSPS) is 11.1. The molecule has 0 unspecified atom stereocenters. The van der Waals surface area contributed by atoms with E-state index in [0.717, 1.165) is 16.7 Å². The highest BCUT2D eigenvalue weighted by molar-refractivity contribution is 9.10. The molecule has 1 N–H and O–H groups in total. The first-order valence-corrected chi connectivity index (χ1v) is 10.7. The van der Waals surface area contributed by atoms with Crippen LogP contribution in [-0.4, -0.2) is 13.0 Å². The molecule has 0 spiro atoms. The molecule has 6 heteroatoms. The fourth-order valence-electron chi connectivity index (χ4n) is 3.29. The molecule has 0 saturated carbocycles. The van der Waals surface area contributed by atoms with Gasteiger partial charge in [0.25, 0.3) is 5.91 Å². The molecule has 0 saturated heterocycles. The van der Waals surface area contributed by atoms with Crippen molar-refractivity contribution < 1.29 is 13.9 Å². The lowest BCUT2D eigenvalue weighted by Crippen LogP contribution is -2.14. The summed E-state index contributed by atoms with van der Waals surface area (Å²) in [4.78, 5) is 12.7. The standard InChI is InChI=1S/C26H22BrFN2O2/c1-16-7-6-10-24(17(16)2)30-26(31)20(15-29)11-18-12-22(27)21(25(13-18)32-3)14-19-8-4-5-9-23(19)28/h4-13H,14H2,1-3H3,(H,30,31)/b20-11+. The fourth-order valence-corrected chi connectivity index (χ4v) is 3.89. The average molecular weight is 493 g/mol. The zero-order valence-electron chi connectivity index (χ0n) is 18.0. The minimum atomic E-state index is -0.494. The van der Waals surface area contributed by atoms with Crippen LogP contribution in [0.2, 0.25) is 0 Å². The molecule has 0 aliphatic carbocycles. The van der Waals surface area contributed by atoms with Gasteiger partial charge in [-0.2, -0.15) is 5.26 Å². The van der Waals surface area contributed by atoms with Crippen molar-refractivity contribution >= 4 is 33.6 Å². The van der Waals surface area contributed by atoms with Gasteiger partial charge in [0.05, 0.1) is 7.11 Å². The molecule has 0 radical (unpaired) electrons. The number of methoxy groups -OCH3 is 1. The SMILES string of the molecule is COc1cc(/C=C(\C#N)C(=O)Nc2cccc(C)c2C)cc(Br)c1Cc1ccccc1F. The first-order chi connectivity index (χ1) is 15.3. The second-order valence-electron chi connectivity index (χ2n) is 7.32. The van der Waals surface area contributed by atoms with Crippen molar-refractivity contribution in [2.75, 3.05) is 12.4 Å². The molecule has 0 aromatic heterocycles. The average Bonchev–Trinajstić information content (AvgIpc) is 2.77. The van der Waals surface area contributed by atoms with Crippen molar-refractivity contribution in [2.45, 2.75) is 20.3 Å². The number of halogens is 2. The van der Waals surface area contributed by atoms with Gasteiger partial charge in [0.1, 0.15) is 23.2 Å². The quantitative estimate of drug-likeness (QED) is 0.322. The summed E-state index contributed by atoms with van der Waals surface area (Å²) in [7, 11) is 1.53. The molecule has 162 valence electrons. The molecule has 0 fully saturated rings. The van der Waals surface area contributed by atoms with E-state index >= 15 is 0 Å². The topological polar surface area (TPSA) is 62.1 Å². The Labute approximate surface area is 195 Å². The second-order valence-corrected chi connectivity index (χ2v) is 8.18. The van der Waals surface area contributed by atoms with Gasteiger partial charge in [-0.3, -0.25) is 4.79 Å². The van der Waals surface area contributed by atoms with E-state index in [1.54, 1.807) is 36.4 Å². The lowest BCUT2D eigenvalue weighted by atomic mass is 10.0. The maximum absolute atomic E-state index is 14.1. The molecule has 0 bridgehead atoms. The number of aryl methyl sites for hydroxylation is 1. The number of nitrogens with zero attached hydrogens (tertiary/aromatic N) is 1. The number of anilines is 1. The summed E-state index contributed by atoms with van der Waals surface area (Å²) < 4.78 is 20.3. The number of carbonyl (C=O) groups is 1. The molecule has 32 heavy (non-hydrogen) atoms. The zero-order chi connectivity index (χ0) is 23.3. The maximum atomic E-state index is 14.1. The van der Waals surface area contributed by atoms with Gasteiger partial charge in [-0.1, -0.05) is 46.3 Å². The number of benzene rings is 3. The summed E-state index contributed by atoms with van der Waals surface area (Å²) in [5.41, 5.74) is 4.54. The first kappa shape index (κ1) is 23.2. The number of hydrogen-bond acceptors (Lipinski definition) is 3. The number of hydrogen-bond donors (Lipinski definition) is 1. The third-order valence-electron chi connectivity index (χ3n) is 5.25. The van der Waals surface area contributed by atoms with Gasteiger partial charge >= 0.3 is 0 Å². The lowest BCUT2D eigenvalue weighted by molar-refractivity contribution is -0.112. The highest BCUT2D eigenvalue weighted by atomic mass is 79.9. The summed E-state index contributed by atoms with van der Waals surface area (Å²) in [5.74, 6) is -0.256. The molecule has 4 nitrogen and oxygen atoms in total. The summed E-state index contributed by atoms with van der Waals surface area (Å²) in [6.45, 7) is 3.87. The van der Waals surface area contributed by atoms with Crippen molar-refractivity contribution in [3.63, 3.8) is 0 Å². The minimum Gasteiger partial charge on any atom is -0.496 e. The summed E-state index contributed by atoms with van der Waals surface area (Å²) in [5, 5.41) is 12.4. The Bertz CT molecular complexity index is 1250. The molecular formula is C26H22BrFN2O2. The highest BCUT2D eigenvalue weighted by Crippen LogP contribution is 2.32. The number of carbonyl (C=O) groups excluding carboxylic acids is 1. The summed E-state index contributed by atoms with van der Waals surface area (Å²) in [6, 6.07) is 17.6. The van der Waals surface area contributed by atoms with Crippen molar-refractivity contribution in [2.24, 2.45) is 0 Å². The zero-order valence-corrected chi connectivity index (χ0v) is 19.6. The highest BCUT2D eigenvalue weighted by Gasteiger charge is 2.15. The van der Waals surface area contributed by atoms with Crippen LogP contribution in [0.15, 0.2) is 64.6 Å². The largest absolute Gasteiger partial charge is 0.496 e. The molecule has 3 rings (SSSR count). The predicted octanol–water partition coefficient (Wildman–Crippen LogP) is 6.35. The van der Waals surface area contributed by atoms with Crippen LogP contribution in [0.1, 0.15) is 27.8 Å². The van der Waals surface area contributed by atoms with Crippen LogP contribution >= 0.6 is 15.9 Å². The van der Waals surface area contributed by atoms with E-state index in [2.05, 4.69) is 21.2 Å². The first-order valence-electron chi connectivity index (χ1n) is 9.93. The summed E-state index contributed by atoms with van der Waals surface area (Å²) >= 11 is 3.53. The van der Waals surface area contributed by atoms with Gasteiger partial charge in [-0.15, -0.1) is 0 Å². The molecule has 0 aliphatic rings. The van der Waals surface area contributed by atoms with Crippen LogP contribution in [0.4, 0.5) is 10.1 Å². The monoisotopic (exact) mass is 492 g/mol. The van der Waals surface area contributed by atoms with Gasteiger partial charge in [0.2, 0.25) is 0 Å². The molecule has 0 atom stereocenters. The van der Waals surface area contributed by atoms with Crippen LogP contribution in [-0.2, 0) is 11.2 Å². The Morgan fingerprint density at radius 1 is 1.19 bits per heavy atom. The minimum absolute atomic E-state index is 0.0401. The van der Waals surface area contributed by atoms with E-state index in [1.807, 2.05) is 32.0 Å². The molecule has 3 aromatic rings. The number of nitriles is 1. The van der Waals surface area contributed by atoms with E-state index in [4.69, 9.17) is 4.74 Å². The predicted molar refractivity (Wildman–Crippen MR) is 128 cm³/mol. The van der Waals surface area contributed by atoms with Crippen LogP contribution < -0.4 is 10.1 Å². The van der Waals surface area contributed by atoms with Gasteiger partial charge in [-0.25, -0.2) is 4.39 Å². The number of nitrogens with one attached hydrogen (secondary N) is 1. The third kappa shape index (κ3) is 5.24. The molecule has 1 amide bonds. The van der Waals surface area contributed by atoms with Gasteiger partial charge in [0, 0.05) is 22.1 Å². The number of ether oxygens (including phenoxy) is 1. The van der Waals surface area contributed by atoms with E-state index in [-0.39, 0.29) is 11.4 Å². The Kier molecular flexibility index (Phi) is 7.45. The smallest absolute Gasteiger partial charge is 0.266 e. The molecular weight excluding hydrogens is 471 g/mol. The molecule has 3 aromatic carbocycles. The molecule has 0 heterocycles. The van der Waals surface area contributed by atoms with Gasteiger partial charge < -0.3 is 10.1 Å². The van der Waals surface area contributed by atoms with Crippen molar-refractivity contribution in [1.82, 2.24) is 0 Å². The Morgan fingerprint density at radius 2 is 1.94 bits per heavy atom. The lowest BCUT2D eigenvalue weighted by Gasteiger charge is -2.13. The third-order valence-corrected chi connectivity index (χ3v) is 5.96. The summed E-state index contributed by atoms with van der Waals surface area (Å²) in [6.07, 6.45) is 1.83. The van der Waals surface area contributed by atoms with Gasteiger partial charge in [-0.05, 0) is 66.4 Å². The van der Waals surface area contributed by atoms with Crippen LogP contribution in [0.5, 0.6) is 5.75 Å². The van der Waals surface area contributed by atoms with Crippen molar-refractivity contribution in [3.8, 4) is 11.8 Å². The van der Waals surface area contributed by atoms with E-state index in [0.29, 0.717) is 33.5 Å². The van der Waals surface area contributed by atoms with E-state index in [9.17, 15) is 14.4 Å². The molecule has 0 aliphatic heterocycles. The van der Waals surface area contributed by atoms with Crippen LogP contribution in [0.25, 0.3) is 6.08 Å². The second kappa shape index (κ2) is 10.3. The van der Waals surface area contributed by atoms with Gasteiger partial charge in [0.15, 0.2) is 0 Å². The van der Waals surface area contributed by atoms with Crippen LogP contribution in [0.3, 0.4) is 0 Å². The Hall–Kier alpha value is -3.43. The van der Waals surface area contributed by atoms with Crippen LogP contribution in [0, 0.1) is 31.0 Å². The number of amides is 1. The van der Waals surface area contributed by atoms with Crippen molar-refractivity contribution in [3.05, 3.63) is 98.3 Å². The van der Waals surface area contributed by atoms with E-state index in [1.165, 1.54) is 19.3 Å². The number of rotatable bonds is 6. The Balaban J connectivity index is 1.91.